The van der Waals surface area contributed by atoms with Crippen molar-refractivity contribution in [2.75, 3.05) is 32.1 Å². The van der Waals surface area contributed by atoms with Crippen LogP contribution in [0.1, 0.15) is 11.5 Å². The molecule has 0 unspecified atom stereocenters. The highest BCUT2D eigenvalue weighted by atomic mass is 19.1. The van der Waals surface area contributed by atoms with Gasteiger partial charge in [0, 0.05) is 25.0 Å². The van der Waals surface area contributed by atoms with Crippen molar-refractivity contribution in [3.05, 3.63) is 70.0 Å². The highest BCUT2D eigenvalue weighted by molar-refractivity contribution is 5.79. The van der Waals surface area contributed by atoms with Gasteiger partial charge in [-0.2, -0.15) is 0 Å². The van der Waals surface area contributed by atoms with E-state index in [2.05, 4.69) is 14.9 Å². The van der Waals surface area contributed by atoms with Crippen molar-refractivity contribution in [3.8, 4) is 0 Å². The van der Waals surface area contributed by atoms with Gasteiger partial charge in [-0.25, -0.2) is 13.8 Å². The lowest BCUT2D eigenvalue weighted by Crippen LogP contribution is -2.35. The van der Waals surface area contributed by atoms with Crippen molar-refractivity contribution in [1.82, 2.24) is 14.9 Å². The van der Waals surface area contributed by atoms with Crippen LogP contribution in [0.5, 0.6) is 0 Å². The predicted molar refractivity (Wildman–Crippen MR) is 101 cm³/mol. The molecule has 1 fully saturated rings. The van der Waals surface area contributed by atoms with Crippen LogP contribution in [-0.2, 0) is 0 Å². The molecule has 0 amide bonds. The van der Waals surface area contributed by atoms with Gasteiger partial charge in [0.1, 0.15) is 17.2 Å². The van der Waals surface area contributed by atoms with Crippen molar-refractivity contribution in [3.63, 3.8) is 0 Å². The number of rotatable bonds is 3. The monoisotopic (exact) mass is 370 g/mol. The summed E-state index contributed by atoms with van der Waals surface area (Å²) in [6, 6.07) is 11.0. The summed E-state index contributed by atoms with van der Waals surface area (Å²) < 4.78 is 27.4. The average molecular weight is 370 g/mol. The molecule has 0 radical (unpaired) electrons. The lowest BCUT2D eigenvalue weighted by molar-refractivity contribution is 0.292. The molecular weight excluding hydrogens is 350 g/mol. The van der Waals surface area contributed by atoms with Crippen molar-refractivity contribution in [1.29, 1.82) is 0 Å². The molecule has 2 atom stereocenters. The first-order chi connectivity index (χ1) is 12.9. The zero-order chi connectivity index (χ0) is 19.1. The van der Waals surface area contributed by atoms with Crippen LogP contribution in [0.3, 0.4) is 0 Å². The number of likely N-dealkylation sites (N-methyl/N-ethyl adjacent to an activating group) is 1. The van der Waals surface area contributed by atoms with Crippen molar-refractivity contribution in [2.24, 2.45) is 0 Å². The fraction of sp³-hybridized carbons (Fsp3) is 0.300. The second-order valence-electron chi connectivity index (χ2n) is 7.12. The Labute approximate surface area is 155 Å². The van der Waals surface area contributed by atoms with E-state index in [0.29, 0.717) is 19.0 Å². The first-order valence-corrected chi connectivity index (χ1v) is 8.79. The van der Waals surface area contributed by atoms with Gasteiger partial charge in [0.15, 0.2) is 0 Å². The van der Waals surface area contributed by atoms with Gasteiger partial charge in [0.2, 0.25) is 5.95 Å². The third-order valence-corrected chi connectivity index (χ3v) is 5.22. The first-order valence-electron chi connectivity index (χ1n) is 8.79. The molecule has 7 heteroatoms. The van der Waals surface area contributed by atoms with Crippen LogP contribution in [0.4, 0.5) is 14.7 Å². The highest BCUT2D eigenvalue weighted by Gasteiger charge is 2.36. The summed E-state index contributed by atoms with van der Waals surface area (Å²) in [5.41, 5.74) is 0.732. The maximum absolute atomic E-state index is 14.1. The van der Waals surface area contributed by atoms with E-state index in [1.807, 2.05) is 19.0 Å². The topological polar surface area (TPSA) is 52.2 Å². The number of nitrogens with one attached hydrogen (secondary N) is 1. The quantitative estimate of drug-likeness (QED) is 0.770. The SMILES string of the molecule is CN(C)[C@H]1CN(c2nc3c(F)cccc3c(=O)[nH]2)C[C@@H]1c1ccc(F)cc1. The molecule has 140 valence electrons. The van der Waals surface area contributed by atoms with Crippen LogP contribution in [0.25, 0.3) is 10.9 Å². The summed E-state index contributed by atoms with van der Waals surface area (Å²) in [5.74, 6) is -0.319. The second-order valence-corrected chi connectivity index (χ2v) is 7.12. The van der Waals surface area contributed by atoms with E-state index >= 15 is 0 Å². The standard InChI is InChI=1S/C20H20F2N4O/c1-25(2)17-11-26(10-15(17)12-6-8-13(21)9-7-12)20-23-18-14(19(27)24-20)4-3-5-16(18)22/h3-9,15,17H,10-11H2,1-2H3,(H,23,24,27)/t15-,17+/m1/s1. The van der Waals surface area contributed by atoms with Gasteiger partial charge in [0.25, 0.3) is 5.56 Å². The fourth-order valence-electron chi connectivity index (χ4n) is 3.79. The molecule has 2 aromatic carbocycles. The first kappa shape index (κ1) is 17.6. The van der Waals surface area contributed by atoms with E-state index in [0.717, 1.165) is 5.56 Å². The number of hydrogen-bond acceptors (Lipinski definition) is 4. The predicted octanol–water partition coefficient (Wildman–Crippen LogP) is 2.74. The van der Waals surface area contributed by atoms with Crippen LogP contribution in [0.15, 0.2) is 47.3 Å². The summed E-state index contributed by atoms with van der Waals surface area (Å²) in [5, 5.41) is 0.234. The Hall–Kier alpha value is -2.80. The van der Waals surface area contributed by atoms with Crippen LogP contribution >= 0.6 is 0 Å². The van der Waals surface area contributed by atoms with Crippen LogP contribution in [0, 0.1) is 11.6 Å². The van der Waals surface area contributed by atoms with Gasteiger partial charge >= 0.3 is 0 Å². The Bertz CT molecular complexity index is 1030. The molecule has 1 aliphatic rings. The van der Waals surface area contributed by atoms with Gasteiger partial charge < -0.3 is 9.80 Å². The molecule has 1 saturated heterocycles. The summed E-state index contributed by atoms with van der Waals surface area (Å²) >= 11 is 0. The minimum absolute atomic E-state index is 0.0721. The minimum Gasteiger partial charge on any atom is -0.340 e. The molecule has 5 nitrogen and oxygen atoms in total. The summed E-state index contributed by atoms with van der Waals surface area (Å²) in [4.78, 5) is 23.6. The summed E-state index contributed by atoms with van der Waals surface area (Å²) in [6.45, 7) is 1.22. The summed E-state index contributed by atoms with van der Waals surface area (Å²) in [7, 11) is 3.97. The number of fused-ring (bicyclic) bond motifs is 1. The number of benzene rings is 2. The third kappa shape index (κ3) is 3.19. The molecule has 0 bridgehead atoms. The van der Waals surface area contributed by atoms with Crippen LogP contribution < -0.4 is 10.5 Å². The van der Waals surface area contributed by atoms with Gasteiger partial charge in [-0.05, 0) is 43.9 Å². The largest absolute Gasteiger partial charge is 0.340 e. The van der Waals surface area contributed by atoms with E-state index in [9.17, 15) is 13.6 Å². The molecule has 1 N–H and O–H groups in total. The zero-order valence-electron chi connectivity index (χ0n) is 15.1. The molecule has 2 heterocycles. The molecule has 0 saturated carbocycles. The van der Waals surface area contributed by atoms with Crippen molar-refractivity contribution >= 4 is 16.9 Å². The molecular formula is C20H20F2N4O. The smallest absolute Gasteiger partial charge is 0.260 e. The molecule has 3 aromatic rings. The minimum atomic E-state index is -0.515. The fourth-order valence-corrected chi connectivity index (χ4v) is 3.79. The maximum Gasteiger partial charge on any atom is 0.260 e. The zero-order valence-corrected chi connectivity index (χ0v) is 15.1. The van der Waals surface area contributed by atoms with E-state index < -0.39 is 5.82 Å². The Morgan fingerprint density at radius 3 is 2.56 bits per heavy atom. The van der Waals surface area contributed by atoms with Gasteiger partial charge in [0.05, 0.1) is 5.39 Å². The molecule has 0 spiro atoms. The third-order valence-electron chi connectivity index (χ3n) is 5.22. The number of aromatic nitrogens is 2. The lowest BCUT2D eigenvalue weighted by atomic mass is 9.94. The van der Waals surface area contributed by atoms with Crippen molar-refractivity contribution < 1.29 is 8.78 Å². The Morgan fingerprint density at radius 1 is 1.11 bits per heavy atom. The van der Waals surface area contributed by atoms with Crippen LogP contribution in [0.2, 0.25) is 0 Å². The molecule has 1 aliphatic heterocycles. The number of H-pyrrole nitrogens is 1. The molecule has 27 heavy (non-hydrogen) atoms. The van der Waals surface area contributed by atoms with E-state index in [4.69, 9.17) is 0 Å². The number of halogens is 2. The number of hydrogen-bond donors (Lipinski definition) is 1. The van der Waals surface area contributed by atoms with E-state index in [-0.39, 0.29) is 34.2 Å². The van der Waals surface area contributed by atoms with Gasteiger partial charge in [-0.3, -0.25) is 9.78 Å². The van der Waals surface area contributed by atoms with E-state index in [1.54, 1.807) is 18.2 Å². The van der Waals surface area contributed by atoms with Crippen LogP contribution in [-0.4, -0.2) is 48.1 Å². The second kappa shape index (κ2) is 6.74. The lowest BCUT2D eigenvalue weighted by Gasteiger charge is -2.25. The molecule has 0 aliphatic carbocycles. The normalized spacial score (nSPS) is 20.0. The molecule has 1 aromatic heterocycles. The van der Waals surface area contributed by atoms with E-state index in [1.165, 1.54) is 24.3 Å². The Kier molecular flexibility index (Phi) is 4.39. The Morgan fingerprint density at radius 2 is 1.85 bits per heavy atom. The van der Waals surface area contributed by atoms with Crippen molar-refractivity contribution in [2.45, 2.75) is 12.0 Å². The number of aromatic amines is 1. The maximum atomic E-state index is 14.1. The van der Waals surface area contributed by atoms with Gasteiger partial charge in [-0.15, -0.1) is 0 Å². The average Bonchev–Trinajstić information content (AvgIpc) is 3.09. The number of anilines is 1. The summed E-state index contributed by atoms with van der Waals surface area (Å²) in [6.07, 6.45) is 0. The Balaban J connectivity index is 1.73. The molecule has 4 rings (SSSR count). The highest BCUT2D eigenvalue weighted by Crippen LogP contribution is 2.32. The van der Waals surface area contributed by atoms with Gasteiger partial charge in [-0.1, -0.05) is 18.2 Å². The number of para-hydroxylation sites is 1. The number of nitrogens with zero attached hydrogens (tertiary/aromatic N) is 3.